The molecule has 5 aromatic rings. The molecule has 0 amide bonds. The Morgan fingerprint density at radius 3 is 2.16 bits per heavy atom. The molecule has 2 fully saturated rings. The van der Waals surface area contributed by atoms with Crippen LogP contribution in [0.4, 0.5) is 17.5 Å². The number of benzene rings is 2. The van der Waals surface area contributed by atoms with E-state index in [4.69, 9.17) is 35.1 Å². The maximum Gasteiger partial charge on any atom is 0.300 e. The number of aromatic nitrogens is 5. The van der Waals surface area contributed by atoms with Crippen LogP contribution in [0, 0.1) is 0 Å². The molecular weight excluding hydrogens is 638 g/mol. The number of likely N-dealkylation sites (N-methyl/N-ethyl adjacent to an activating group) is 1. The number of nitrogens with zero attached hydrogens (tertiary/aromatic N) is 7. The number of hydrogen-bond donors (Lipinski definition) is 4. The maximum absolute atomic E-state index is 9.00. The SMILES string of the molecule is CC(=O)O.CC(=O)O.CC(C)c1cccc2nc(Nc3ccc(-c4nn(C5CCC(N6CCN(C)CC6)CC5)c5ncnc(N)c45)cc3)oc12. The van der Waals surface area contributed by atoms with Gasteiger partial charge >= 0.3 is 0 Å². The van der Waals surface area contributed by atoms with Gasteiger partial charge in [-0.2, -0.15) is 10.1 Å². The smallest absolute Gasteiger partial charge is 0.300 e. The average molecular weight is 686 g/mol. The van der Waals surface area contributed by atoms with Crippen molar-refractivity contribution in [1.82, 2.24) is 34.5 Å². The molecule has 1 aliphatic heterocycles. The Morgan fingerprint density at radius 1 is 0.920 bits per heavy atom. The number of anilines is 3. The predicted molar refractivity (Wildman–Crippen MR) is 194 cm³/mol. The first-order chi connectivity index (χ1) is 23.9. The van der Waals surface area contributed by atoms with Gasteiger partial charge in [0.25, 0.3) is 18.0 Å². The highest BCUT2D eigenvalue weighted by atomic mass is 16.4. The van der Waals surface area contributed by atoms with Crippen LogP contribution in [0.2, 0.25) is 0 Å². The second kappa shape index (κ2) is 16.1. The van der Waals surface area contributed by atoms with E-state index in [-0.39, 0.29) is 0 Å². The fraction of sp³-hybridized carbons (Fsp3) is 0.444. The molecule has 0 bridgehead atoms. The molecule has 7 rings (SSSR count). The van der Waals surface area contributed by atoms with Crippen molar-refractivity contribution in [3.8, 4) is 11.3 Å². The van der Waals surface area contributed by atoms with Crippen LogP contribution in [0.15, 0.2) is 53.2 Å². The summed E-state index contributed by atoms with van der Waals surface area (Å²) >= 11 is 0. The van der Waals surface area contributed by atoms with E-state index < -0.39 is 11.9 Å². The Labute approximate surface area is 291 Å². The number of piperazine rings is 1. The summed E-state index contributed by atoms with van der Waals surface area (Å²) in [5.41, 5.74) is 12.7. The number of rotatable bonds is 6. The minimum atomic E-state index is -0.833. The molecule has 266 valence electrons. The monoisotopic (exact) mass is 685 g/mol. The Hall–Kier alpha value is -5.08. The average Bonchev–Trinajstić information content (AvgIpc) is 3.67. The fourth-order valence-electron chi connectivity index (χ4n) is 6.62. The summed E-state index contributed by atoms with van der Waals surface area (Å²) in [6.45, 7) is 11.1. The molecule has 14 nitrogen and oxygen atoms in total. The Balaban J connectivity index is 0.000000552. The molecule has 0 radical (unpaired) electrons. The number of oxazole rings is 1. The third-order valence-corrected chi connectivity index (χ3v) is 9.06. The van der Waals surface area contributed by atoms with Crippen LogP contribution in [-0.2, 0) is 9.59 Å². The van der Waals surface area contributed by atoms with Gasteiger partial charge in [0.05, 0.1) is 11.4 Å². The molecular formula is C36H47N9O5. The van der Waals surface area contributed by atoms with Crippen LogP contribution < -0.4 is 11.1 Å². The molecule has 1 saturated heterocycles. The van der Waals surface area contributed by atoms with Gasteiger partial charge in [0, 0.05) is 57.3 Å². The van der Waals surface area contributed by atoms with E-state index in [1.54, 1.807) is 6.33 Å². The number of nitrogens with one attached hydrogen (secondary N) is 1. The molecule has 1 aliphatic carbocycles. The molecule has 3 aromatic heterocycles. The molecule has 2 aromatic carbocycles. The van der Waals surface area contributed by atoms with Crippen molar-refractivity contribution in [2.45, 2.75) is 71.4 Å². The standard InChI is InChI=1S/C32H39N9O.2C2H4O2/c1-20(2)25-5-4-6-26-29(25)42-32(37-26)36-22-9-7-21(8-10-22)28-27-30(33)34-19-35-31(27)41(38-28)24-13-11-23(12-14-24)40-17-15-39(3)16-18-40;2*1-2(3)4/h4-10,19-20,23-24H,11-18H2,1-3H3,(H,36,37)(H2,33,34,35);2*1H3,(H,3,4). The first kappa shape index (κ1) is 36.2. The van der Waals surface area contributed by atoms with Crippen molar-refractivity contribution in [2.75, 3.05) is 44.3 Å². The third kappa shape index (κ3) is 8.74. The van der Waals surface area contributed by atoms with Crippen LogP contribution in [-0.4, -0.2) is 96.0 Å². The van der Waals surface area contributed by atoms with E-state index in [1.165, 1.54) is 25.9 Å². The van der Waals surface area contributed by atoms with Gasteiger partial charge in [0.2, 0.25) is 0 Å². The Bertz CT molecular complexity index is 1880. The van der Waals surface area contributed by atoms with Gasteiger partial charge < -0.3 is 30.6 Å². The second-order valence-electron chi connectivity index (χ2n) is 13.2. The van der Waals surface area contributed by atoms with Gasteiger partial charge in [-0.3, -0.25) is 14.5 Å². The third-order valence-electron chi connectivity index (χ3n) is 9.06. The molecule has 1 saturated carbocycles. The van der Waals surface area contributed by atoms with Crippen molar-refractivity contribution >= 4 is 51.6 Å². The minimum absolute atomic E-state index is 0.301. The van der Waals surface area contributed by atoms with Gasteiger partial charge in [-0.1, -0.05) is 38.1 Å². The lowest BCUT2D eigenvalue weighted by Crippen LogP contribution is -2.49. The lowest BCUT2D eigenvalue weighted by Gasteiger charge is -2.41. The summed E-state index contributed by atoms with van der Waals surface area (Å²) in [7, 11) is 2.21. The van der Waals surface area contributed by atoms with E-state index in [2.05, 4.69) is 61.7 Å². The topological polar surface area (TPSA) is 189 Å². The van der Waals surface area contributed by atoms with Gasteiger partial charge in [-0.15, -0.1) is 0 Å². The van der Waals surface area contributed by atoms with E-state index >= 15 is 0 Å². The number of carboxylic acid groups (broad SMARTS) is 2. The summed E-state index contributed by atoms with van der Waals surface area (Å²) in [6.07, 6.45) is 6.08. The molecule has 5 N–H and O–H groups in total. The van der Waals surface area contributed by atoms with Crippen LogP contribution in [0.5, 0.6) is 0 Å². The van der Waals surface area contributed by atoms with Crippen molar-refractivity contribution < 1.29 is 24.2 Å². The highest BCUT2D eigenvalue weighted by Crippen LogP contribution is 2.37. The minimum Gasteiger partial charge on any atom is -0.481 e. The first-order valence-electron chi connectivity index (χ1n) is 17.0. The Kier molecular flexibility index (Phi) is 11.6. The highest BCUT2D eigenvalue weighted by Gasteiger charge is 2.30. The second-order valence-corrected chi connectivity index (χ2v) is 13.2. The number of para-hydroxylation sites is 1. The summed E-state index contributed by atoms with van der Waals surface area (Å²) in [5.74, 6) is -0.853. The molecule has 0 unspecified atom stereocenters. The van der Waals surface area contributed by atoms with Crippen LogP contribution >= 0.6 is 0 Å². The number of carbonyl (C=O) groups is 2. The quantitative estimate of drug-likeness (QED) is 0.163. The highest BCUT2D eigenvalue weighted by molar-refractivity contribution is 5.98. The van der Waals surface area contributed by atoms with Crippen molar-refractivity contribution in [2.24, 2.45) is 0 Å². The van der Waals surface area contributed by atoms with Crippen LogP contribution in [0.3, 0.4) is 0 Å². The Morgan fingerprint density at radius 2 is 1.54 bits per heavy atom. The lowest BCUT2D eigenvalue weighted by molar-refractivity contribution is -0.135. The first-order valence-corrected chi connectivity index (χ1v) is 17.0. The van der Waals surface area contributed by atoms with Crippen LogP contribution in [0.1, 0.15) is 70.9 Å². The summed E-state index contributed by atoms with van der Waals surface area (Å²) in [6, 6.07) is 15.7. The van der Waals surface area contributed by atoms with E-state index in [9.17, 15) is 0 Å². The van der Waals surface area contributed by atoms with E-state index in [1.807, 2.05) is 36.4 Å². The largest absolute Gasteiger partial charge is 0.481 e. The number of nitrogens with two attached hydrogens (primary N) is 1. The zero-order chi connectivity index (χ0) is 35.9. The van der Waals surface area contributed by atoms with Gasteiger partial charge in [-0.25, -0.2) is 14.6 Å². The molecule has 2 aliphatic rings. The van der Waals surface area contributed by atoms with Crippen molar-refractivity contribution in [3.63, 3.8) is 0 Å². The molecule has 14 heteroatoms. The fourth-order valence-corrected chi connectivity index (χ4v) is 6.62. The molecule has 50 heavy (non-hydrogen) atoms. The van der Waals surface area contributed by atoms with E-state index in [0.29, 0.717) is 29.8 Å². The van der Waals surface area contributed by atoms with Crippen molar-refractivity contribution in [3.05, 3.63) is 54.4 Å². The van der Waals surface area contributed by atoms with Gasteiger partial charge in [0.1, 0.15) is 23.4 Å². The van der Waals surface area contributed by atoms with E-state index in [0.717, 1.165) is 84.4 Å². The molecule has 4 heterocycles. The predicted octanol–water partition coefficient (Wildman–Crippen LogP) is 6.00. The lowest BCUT2D eigenvalue weighted by atomic mass is 9.90. The van der Waals surface area contributed by atoms with Crippen molar-refractivity contribution in [1.29, 1.82) is 0 Å². The normalized spacial score (nSPS) is 18.3. The number of hydrogen-bond acceptors (Lipinski definition) is 11. The van der Waals surface area contributed by atoms with Gasteiger partial charge in [0.15, 0.2) is 11.2 Å². The number of aliphatic carboxylic acids is 2. The maximum atomic E-state index is 9.00. The van der Waals surface area contributed by atoms with Gasteiger partial charge in [-0.05, 0) is 62.4 Å². The summed E-state index contributed by atoms with van der Waals surface area (Å²) < 4.78 is 8.21. The molecule has 0 spiro atoms. The summed E-state index contributed by atoms with van der Waals surface area (Å²) in [4.78, 5) is 36.7. The number of fused-ring (bicyclic) bond motifs is 2. The molecule has 0 atom stereocenters. The van der Waals surface area contributed by atoms with Crippen LogP contribution in [0.25, 0.3) is 33.4 Å². The summed E-state index contributed by atoms with van der Waals surface area (Å²) in [5, 5.41) is 24.1. The number of carboxylic acids is 2. The number of nitrogen functional groups attached to an aromatic ring is 1. The zero-order valence-electron chi connectivity index (χ0n) is 29.3. The zero-order valence-corrected chi connectivity index (χ0v) is 29.3.